The van der Waals surface area contributed by atoms with Crippen molar-refractivity contribution in [3.05, 3.63) is 23.8 Å². The number of esters is 1. The lowest BCUT2D eigenvalue weighted by Gasteiger charge is -2.20. The summed E-state index contributed by atoms with van der Waals surface area (Å²) in [5, 5.41) is 0. The smallest absolute Gasteiger partial charge is 0.317 e. The first-order valence-corrected chi connectivity index (χ1v) is 8.48. The Morgan fingerprint density at radius 2 is 1.48 bits per heavy atom. The maximum absolute atomic E-state index is 13.0. The second kappa shape index (κ2) is 11.6. The van der Waals surface area contributed by atoms with Gasteiger partial charge in [0.25, 0.3) is 0 Å². The molecule has 2 atom stereocenters. The predicted molar refractivity (Wildman–Crippen MR) is 98.4 cm³/mol. The molecule has 0 aliphatic heterocycles. The van der Waals surface area contributed by atoms with Crippen molar-refractivity contribution in [2.75, 3.05) is 14.2 Å². The first-order chi connectivity index (χ1) is 11.8. The molecular weight excluding hydrogens is 343 g/mol. The van der Waals surface area contributed by atoms with E-state index in [-0.39, 0.29) is 23.4 Å². The largest absolute Gasteiger partial charge is 0.496 e. The van der Waals surface area contributed by atoms with Gasteiger partial charge in [0.05, 0.1) is 20.3 Å². The van der Waals surface area contributed by atoms with E-state index in [1.165, 1.54) is 23.3 Å². The Morgan fingerprint density at radius 3 is 1.84 bits per heavy atom. The minimum Gasteiger partial charge on any atom is -0.496 e. The molecule has 0 bridgehead atoms. The van der Waals surface area contributed by atoms with Gasteiger partial charge in [-0.05, 0) is 38.3 Å². The van der Waals surface area contributed by atoms with Crippen molar-refractivity contribution in [2.24, 2.45) is 11.8 Å². The third-order valence-electron chi connectivity index (χ3n) is 3.33. The van der Waals surface area contributed by atoms with Gasteiger partial charge in [-0.25, -0.2) is 0 Å². The highest BCUT2D eigenvalue weighted by Gasteiger charge is 2.34. The lowest BCUT2D eigenvalue weighted by Crippen LogP contribution is -2.30. The van der Waals surface area contributed by atoms with Crippen molar-refractivity contribution in [1.82, 2.24) is 0 Å². The third kappa shape index (κ3) is 6.83. The highest BCUT2D eigenvalue weighted by molar-refractivity contribution is 7.00. The fraction of sp³-hybridized carbons (Fsp3) is 0.556. The molecule has 0 saturated heterocycles. The van der Waals surface area contributed by atoms with Crippen LogP contribution in [-0.4, -0.2) is 32.1 Å². The highest BCUT2D eigenvalue weighted by atomic mass is 31.0. The summed E-state index contributed by atoms with van der Waals surface area (Å²) in [6.45, 7) is 7.45. The molecule has 7 heteroatoms. The van der Waals surface area contributed by atoms with E-state index in [2.05, 4.69) is 0 Å². The molecule has 0 N–H and O–H groups in total. The Labute approximate surface area is 151 Å². The zero-order valence-corrected chi connectivity index (χ0v) is 16.9. The number of benzene rings is 1. The number of rotatable bonds is 8. The van der Waals surface area contributed by atoms with Gasteiger partial charge in [-0.1, -0.05) is 24.5 Å². The van der Waals surface area contributed by atoms with E-state index in [1.54, 1.807) is 32.0 Å². The molecule has 1 aromatic carbocycles. The lowest BCUT2D eigenvalue weighted by molar-refractivity contribution is -0.151. The minimum absolute atomic E-state index is 0.171. The summed E-state index contributed by atoms with van der Waals surface area (Å²) < 4.78 is 24.0. The van der Waals surface area contributed by atoms with Crippen molar-refractivity contribution in [3.63, 3.8) is 0 Å². The highest BCUT2D eigenvalue weighted by Crippen LogP contribution is 2.32. The average molecular weight is 371 g/mol. The van der Waals surface area contributed by atoms with Gasteiger partial charge in [-0.15, -0.1) is 0 Å². The molecule has 0 fully saturated rings. The Kier molecular flexibility index (Phi) is 10.7. The van der Waals surface area contributed by atoms with Crippen LogP contribution in [0.2, 0.25) is 0 Å². The van der Waals surface area contributed by atoms with Crippen LogP contribution in [0.15, 0.2) is 18.2 Å². The quantitative estimate of drug-likeness (QED) is 0.300. The van der Waals surface area contributed by atoms with Gasteiger partial charge in [-0.3, -0.25) is 9.59 Å². The number of ether oxygens (including phenoxy) is 3. The number of hydrogen-bond acceptors (Lipinski definition) is 6. The molecule has 0 amide bonds. The molecular formula is C18H28O6P+. The summed E-state index contributed by atoms with van der Waals surface area (Å²) >= 11 is 0. The van der Waals surface area contributed by atoms with Crippen LogP contribution >= 0.6 is 9.12 Å². The van der Waals surface area contributed by atoms with Gasteiger partial charge in [-0.2, -0.15) is 0 Å². The lowest BCUT2D eigenvalue weighted by atomic mass is 9.89. The number of carbonyl (C=O) groups is 2. The van der Waals surface area contributed by atoms with Gasteiger partial charge >= 0.3 is 15.1 Å². The molecule has 6 nitrogen and oxygen atoms in total. The normalized spacial score (nSPS) is 11.4. The topological polar surface area (TPSA) is 78.9 Å². The van der Waals surface area contributed by atoms with Gasteiger partial charge in [0.15, 0.2) is 5.78 Å². The van der Waals surface area contributed by atoms with Crippen molar-refractivity contribution >= 4 is 20.9 Å². The molecule has 140 valence electrons. The van der Waals surface area contributed by atoms with Crippen LogP contribution in [0.3, 0.4) is 0 Å². The number of carbonyl (C=O) groups excluding carboxylic acids is 2. The first-order valence-electron chi connectivity index (χ1n) is 8.01. The summed E-state index contributed by atoms with van der Waals surface area (Å²) in [5.74, 6) is -0.766. The maximum Gasteiger partial charge on any atom is 0.317 e. The standard InChI is InChI=1S/C18H26O5.H2OP/c1-11(2)10-13(18(20)23-12(3)4)17(19)16-14(21-5)8-7-9-15(16)22-6;1-2/h7-9,11-13H,10H2,1-6H3;2H2/q;+1. The van der Waals surface area contributed by atoms with E-state index < -0.39 is 11.9 Å². The van der Waals surface area contributed by atoms with Crippen LogP contribution in [0.4, 0.5) is 0 Å². The Balaban J connectivity index is 0.00000277. The summed E-state index contributed by atoms with van der Waals surface area (Å²) in [4.78, 5) is 25.4. The number of Topliss-reactive ketones (excluding diaryl/α,β-unsaturated/α-hetero) is 1. The minimum atomic E-state index is -0.873. The van der Waals surface area contributed by atoms with Crippen molar-refractivity contribution < 1.29 is 28.4 Å². The van der Waals surface area contributed by atoms with Crippen molar-refractivity contribution in [2.45, 2.75) is 40.2 Å². The molecule has 0 spiro atoms. The fourth-order valence-electron chi connectivity index (χ4n) is 2.36. The van der Waals surface area contributed by atoms with E-state index in [0.717, 1.165) is 0 Å². The second-order valence-electron chi connectivity index (χ2n) is 6.07. The van der Waals surface area contributed by atoms with E-state index in [9.17, 15) is 9.59 Å². The molecule has 0 aliphatic carbocycles. The zero-order valence-electron chi connectivity index (χ0n) is 15.7. The van der Waals surface area contributed by atoms with Crippen LogP contribution in [0, 0.1) is 11.8 Å². The summed E-state index contributed by atoms with van der Waals surface area (Å²) in [6.07, 6.45) is 0.135. The summed E-state index contributed by atoms with van der Waals surface area (Å²) in [7, 11) is 4.13. The van der Waals surface area contributed by atoms with Crippen LogP contribution in [0.1, 0.15) is 44.5 Å². The molecule has 0 heterocycles. The Morgan fingerprint density at radius 1 is 1.00 bits per heavy atom. The third-order valence-corrected chi connectivity index (χ3v) is 3.33. The molecule has 0 radical (unpaired) electrons. The van der Waals surface area contributed by atoms with Gasteiger partial charge < -0.3 is 14.2 Å². The molecule has 0 aromatic heterocycles. The molecule has 25 heavy (non-hydrogen) atoms. The molecule has 2 unspecified atom stereocenters. The van der Waals surface area contributed by atoms with Gasteiger partial charge in [0, 0.05) is 0 Å². The second-order valence-corrected chi connectivity index (χ2v) is 6.07. The molecule has 0 aliphatic rings. The van der Waals surface area contributed by atoms with Crippen LogP contribution < -0.4 is 9.47 Å². The monoisotopic (exact) mass is 371 g/mol. The number of methoxy groups -OCH3 is 2. The molecule has 1 aromatic rings. The van der Waals surface area contributed by atoms with Gasteiger partial charge in [0.2, 0.25) is 0 Å². The average Bonchev–Trinajstić information content (AvgIpc) is 2.59. The predicted octanol–water partition coefficient (Wildman–Crippen LogP) is 3.71. The van der Waals surface area contributed by atoms with Gasteiger partial charge in [0.1, 0.15) is 23.0 Å². The fourth-order valence-corrected chi connectivity index (χ4v) is 2.36. The number of ketones is 1. The summed E-state index contributed by atoms with van der Waals surface area (Å²) in [6, 6.07) is 5.09. The van der Waals surface area contributed by atoms with E-state index in [1.807, 2.05) is 13.8 Å². The zero-order chi connectivity index (χ0) is 19.6. The maximum atomic E-state index is 13.0. The number of hydrogen-bond donors (Lipinski definition) is 0. The van der Waals surface area contributed by atoms with E-state index in [0.29, 0.717) is 17.9 Å². The van der Waals surface area contributed by atoms with E-state index >= 15 is 0 Å². The van der Waals surface area contributed by atoms with Crippen LogP contribution in [0.5, 0.6) is 11.5 Å². The molecule has 0 saturated carbocycles. The van der Waals surface area contributed by atoms with Crippen molar-refractivity contribution in [1.29, 1.82) is 0 Å². The Hall–Kier alpha value is -1.94. The first kappa shape index (κ1) is 23.1. The summed E-state index contributed by atoms with van der Waals surface area (Å²) in [5.41, 5.74) is 0.281. The van der Waals surface area contributed by atoms with Crippen LogP contribution in [-0.2, 0) is 14.1 Å². The molecule has 1 rings (SSSR count). The van der Waals surface area contributed by atoms with E-state index in [4.69, 9.17) is 18.8 Å². The van der Waals surface area contributed by atoms with Crippen molar-refractivity contribution in [3.8, 4) is 11.5 Å². The Bertz CT molecular complexity index is 548. The van der Waals surface area contributed by atoms with Crippen LogP contribution in [0.25, 0.3) is 0 Å². The SMILES string of the molecule is COc1cccc(OC)c1C(=O)C(CC(C)C)C(=O)OC(C)C.O=[PH2+].